The number of nitrogens with zero attached hydrogens (tertiary/aromatic N) is 2. The van der Waals surface area contributed by atoms with Crippen LogP contribution in [-0.4, -0.2) is 0 Å². The molecule has 0 aromatic heterocycles. The predicted octanol–water partition coefficient (Wildman–Crippen LogP) is 10.3. The number of rotatable bonds is 10. The Balaban J connectivity index is 1.71. The third kappa shape index (κ3) is 5.98. The van der Waals surface area contributed by atoms with E-state index in [1.807, 2.05) is 0 Å². The third-order valence-corrected chi connectivity index (χ3v) is 16.8. The van der Waals surface area contributed by atoms with Gasteiger partial charge in [0.2, 0.25) is 0 Å². The average molecular weight is 663 g/mol. The minimum Gasteiger partial charge on any atom is -0.253 e. The van der Waals surface area contributed by atoms with Gasteiger partial charge in [0.15, 0.2) is 0 Å². The summed E-state index contributed by atoms with van der Waals surface area (Å²) in [5.74, 6) is 0. The monoisotopic (exact) mass is 662 g/mol. The van der Waals surface area contributed by atoms with E-state index in [0.29, 0.717) is 0 Å². The summed E-state index contributed by atoms with van der Waals surface area (Å²) in [6, 6.07) is 58.4. The Morgan fingerprint density at radius 2 is 0.708 bits per heavy atom. The fourth-order valence-corrected chi connectivity index (χ4v) is 14.6. The van der Waals surface area contributed by atoms with Gasteiger partial charge in [-0.25, -0.2) is 0 Å². The molecule has 1 aliphatic rings. The molecule has 0 bridgehead atoms. The molecular formula is C44H44N2P2. The molecule has 0 spiro atoms. The van der Waals surface area contributed by atoms with E-state index < -0.39 is 14.1 Å². The molecule has 4 heteroatoms. The molecule has 1 aliphatic heterocycles. The second kappa shape index (κ2) is 14.5. The van der Waals surface area contributed by atoms with Gasteiger partial charge in [-0.15, -0.1) is 0 Å². The van der Waals surface area contributed by atoms with Crippen molar-refractivity contribution in [1.29, 1.82) is 0 Å². The van der Waals surface area contributed by atoms with Gasteiger partial charge in [-0.05, 0) is 61.1 Å². The molecule has 240 valence electrons. The van der Waals surface area contributed by atoms with E-state index in [4.69, 9.17) is 9.49 Å². The molecule has 48 heavy (non-hydrogen) atoms. The fraction of sp³-hybridized carbons (Fsp3) is 0.182. The van der Waals surface area contributed by atoms with E-state index in [1.54, 1.807) is 0 Å². The van der Waals surface area contributed by atoms with Crippen LogP contribution in [0.5, 0.6) is 0 Å². The molecule has 0 amide bonds. The van der Waals surface area contributed by atoms with Gasteiger partial charge in [0.25, 0.3) is 0 Å². The molecule has 1 heterocycles. The van der Waals surface area contributed by atoms with Crippen LogP contribution in [-0.2, 0) is 12.8 Å². The number of aryl methyl sites for hydroxylation is 2. The van der Waals surface area contributed by atoms with E-state index >= 15 is 0 Å². The minimum absolute atomic E-state index is 1.04. The topological polar surface area (TPSA) is 24.7 Å². The lowest BCUT2D eigenvalue weighted by atomic mass is 10.1. The molecule has 0 atom stereocenters. The maximum Gasteiger partial charge on any atom is 0.0722 e. The quantitative estimate of drug-likeness (QED) is 0.130. The summed E-state index contributed by atoms with van der Waals surface area (Å²) >= 11 is 0. The van der Waals surface area contributed by atoms with Crippen LogP contribution in [0.15, 0.2) is 167 Å². The van der Waals surface area contributed by atoms with Crippen molar-refractivity contribution in [2.75, 3.05) is 0 Å². The Hall–Kier alpha value is -4.22. The van der Waals surface area contributed by atoms with Crippen LogP contribution in [0, 0.1) is 0 Å². The van der Waals surface area contributed by atoms with Crippen LogP contribution in [0.4, 0.5) is 11.4 Å². The van der Waals surface area contributed by atoms with Crippen LogP contribution in [0.2, 0.25) is 0 Å². The zero-order valence-corrected chi connectivity index (χ0v) is 29.8. The largest absolute Gasteiger partial charge is 0.253 e. The van der Waals surface area contributed by atoms with Gasteiger partial charge < -0.3 is 0 Å². The van der Waals surface area contributed by atoms with Crippen molar-refractivity contribution in [2.24, 2.45) is 9.49 Å². The van der Waals surface area contributed by atoms with Crippen molar-refractivity contribution in [2.45, 2.75) is 52.4 Å². The maximum absolute atomic E-state index is 6.18. The first-order valence-electron chi connectivity index (χ1n) is 17.4. The SMILES string of the molecule is CCCCc1ccc2c(c1)P(c1ccccc1)(c1ccccc1)=Nc1ccc(CCCC)cc1P(c1ccccc1)(c1ccccc1)=N2. The van der Waals surface area contributed by atoms with Crippen LogP contribution in [0.1, 0.15) is 50.7 Å². The maximum atomic E-state index is 6.18. The number of fused-ring (bicyclic) bond motifs is 2. The molecular weight excluding hydrogens is 618 g/mol. The van der Waals surface area contributed by atoms with Crippen molar-refractivity contribution >= 4 is 57.3 Å². The Kier molecular flexibility index (Phi) is 9.76. The first-order valence-corrected chi connectivity index (χ1v) is 20.9. The summed E-state index contributed by atoms with van der Waals surface area (Å²) in [7, 11) is -5.15. The Bertz CT molecular complexity index is 1860. The van der Waals surface area contributed by atoms with Gasteiger partial charge >= 0.3 is 0 Å². The number of hydrogen-bond acceptors (Lipinski definition) is 2. The van der Waals surface area contributed by atoms with Crippen molar-refractivity contribution in [3.8, 4) is 0 Å². The van der Waals surface area contributed by atoms with E-state index in [9.17, 15) is 0 Å². The Labute approximate surface area is 287 Å². The molecule has 6 aromatic rings. The first-order chi connectivity index (χ1) is 23.7. The molecule has 0 fully saturated rings. The normalized spacial score (nSPS) is 14.4. The second-order valence-electron chi connectivity index (χ2n) is 12.7. The van der Waals surface area contributed by atoms with Gasteiger partial charge in [-0.3, -0.25) is 9.49 Å². The highest BCUT2D eigenvalue weighted by atomic mass is 31.2. The summed E-state index contributed by atoms with van der Waals surface area (Å²) in [6.45, 7) is 4.54. The highest BCUT2D eigenvalue weighted by Gasteiger charge is 2.37. The Morgan fingerprint density at radius 1 is 0.396 bits per heavy atom. The van der Waals surface area contributed by atoms with E-state index in [2.05, 4.69) is 172 Å². The molecule has 0 aliphatic carbocycles. The Morgan fingerprint density at radius 3 is 1.00 bits per heavy atom. The number of benzene rings is 6. The molecule has 0 unspecified atom stereocenters. The zero-order valence-electron chi connectivity index (χ0n) is 28.0. The second-order valence-corrected chi connectivity index (χ2v) is 18.6. The van der Waals surface area contributed by atoms with Crippen LogP contribution >= 0.6 is 14.1 Å². The molecule has 2 nitrogen and oxygen atoms in total. The van der Waals surface area contributed by atoms with Gasteiger partial charge in [0.05, 0.1) is 25.5 Å². The lowest BCUT2D eigenvalue weighted by Crippen LogP contribution is -2.30. The van der Waals surface area contributed by atoms with Crippen LogP contribution in [0.25, 0.3) is 0 Å². The van der Waals surface area contributed by atoms with Crippen molar-refractivity contribution in [3.05, 3.63) is 169 Å². The molecule has 0 saturated heterocycles. The minimum atomic E-state index is -2.57. The van der Waals surface area contributed by atoms with Crippen molar-refractivity contribution in [3.63, 3.8) is 0 Å². The van der Waals surface area contributed by atoms with Crippen LogP contribution < -0.4 is 31.8 Å². The number of unbranched alkanes of at least 4 members (excludes halogenated alkanes) is 2. The predicted molar refractivity (Wildman–Crippen MR) is 212 cm³/mol. The summed E-state index contributed by atoms with van der Waals surface area (Å²) in [5, 5.41) is 7.53. The summed E-state index contributed by atoms with van der Waals surface area (Å²) in [5.41, 5.74) is 4.84. The lowest BCUT2D eigenvalue weighted by molar-refractivity contribution is 0.795. The highest BCUT2D eigenvalue weighted by molar-refractivity contribution is 7.89. The molecule has 0 N–H and O–H groups in total. The lowest BCUT2D eigenvalue weighted by Gasteiger charge is -2.35. The molecule has 6 aromatic carbocycles. The van der Waals surface area contributed by atoms with Crippen molar-refractivity contribution < 1.29 is 0 Å². The summed E-state index contributed by atoms with van der Waals surface area (Å²) in [4.78, 5) is 0. The fourth-order valence-electron chi connectivity index (χ4n) is 6.99. The van der Waals surface area contributed by atoms with E-state index in [1.165, 1.54) is 43.0 Å². The zero-order chi connectivity index (χ0) is 32.8. The smallest absolute Gasteiger partial charge is 0.0722 e. The highest BCUT2D eigenvalue weighted by Crippen LogP contribution is 2.59. The van der Waals surface area contributed by atoms with Gasteiger partial charge in [0, 0.05) is 31.8 Å². The van der Waals surface area contributed by atoms with Crippen LogP contribution in [0.3, 0.4) is 0 Å². The van der Waals surface area contributed by atoms with Gasteiger partial charge in [-0.2, -0.15) is 0 Å². The molecule has 0 saturated carbocycles. The number of hydrogen-bond donors (Lipinski definition) is 0. The van der Waals surface area contributed by atoms with Gasteiger partial charge in [-0.1, -0.05) is 160 Å². The average Bonchev–Trinajstić information content (AvgIpc) is 3.16. The summed E-state index contributed by atoms with van der Waals surface area (Å²) in [6.07, 6.45) is 6.72. The van der Waals surface area contributed by atoms with E-state index in [-0.39, 0.29) is 0 Å². The molecule has 0 radical (unpaired) electrons. The standard InChI is InChI=1S/C44H44N2P2/c1-3-5-19-35-29-31-41-43(33-35)47(37-21-11-7-12-22-37,38-23-13-8-14-24-38)46-42-32-30-36(20-6-4-2)34-44(42)48(45-41,39-25-15-9-16-26-39)40-27-17-10-18-28-40/h7-18,21-34H,3-6,19-20H2,1-2H3. The van der Waals surface area contributed by atoms with Gasteiger partial charge in [0.1, 0.15) is 0 Å². The molecule has 7 rings (SSSR count). The van der Waals surface area contributed by atoms with E-state index in [0.717, 1.165) is 49.9 Å². The third-order valence-electron chi connectivity index (χ3n) is 9.45. The first kappa shape index (κ1) is 32.3. The summed E-state index contributed by atoms with van der Waals surface area (Å²) < 4.78 is 12.4. The van der Waals surface area contributed by atoms with Crippen molar-refractivity contribution in [1.82, 2.24) is 0 Å².